The highest BCUT2D eigenvalue weighted by molar-refractivity contribution is 7.89. The molecule has 5 nitrogen and oxygen atoms in total. The van der Waals surface area contributed by atoms with Crippen molar-refractivity contribution in [2.24, 2.45) is 0 Å². The second-order valence-corrected chi connectivity index (χ2v) is 8.61. The number of benzene rings is 2. The molecule has 26 heavy (non-hydrogen) atoms. The van der Waals surface area contributed by atoms with E-state index in [1.807, 2.05) is 6.07 Å². The zero-order chi connectivity index (χ0) is 18.9. The number of carbonyl (C=O) groups excluding carboxylic acids is 1. The molecule has 0 saturated carbocycles. The molecule has 0 saturated heterocycles. The summed E-state index contributed by atoms with van der Waals surface area (Å²) in [5.41, 5.74) is 2.47. The highest BCUT2D eigenvalue weighted by Gasteiger charge is 2.24. The van der Waals surface area contributed by atoms with E-state index in [0.29, 0.717) is 11.6 Å². The van der Waals surface area contributed by atoms with E-state index in [1.165, 1.54) is 6.92 Å². The van der Waals surface area contributed by atoms with Gasteiger partial charge in [0, 0.05) is 30.2 Å². The van der Waals surface area contributed by atoms with Gasteiger partial charge in [0.05, 0.1) is 4.90 Å². The first-order chi connectivity index (χ1) is 12.3. The Bertz CT molecular complexity index is 944. The van der Waals surface area contributed by atoms with Crippen molar-refractivity contribution in [2.45, 2.75) is 37.6 Å². The maximum Gasteiger partial charge on any atom is 0.241 e. The van der Waals surface area contributed by atoms with Crippen molar-refractivity contribution in [3.8, 4) is 0 Å². The fourth-order valence-electron chi connectivity index (χ4n) is 3.21. The van der Waals surface area contributed by atoms with Crippen LogP contribution in [0.15, 0.2) is 47.4 Å². The van der Waals surface area contributed by atoms with E-state index in [4.69, 9.17) is 11.6 Å². The lowest BCUT2D eigenvalue weighted by atomic mass is 10.0. The molecule has 1 aliphatic heterocycles. The van der Waals surface area contributed by atoms with Gasteiger partial charge in [-0.3, -0.25) is 4.79 Å². The molecule has 1 N–H and O–H groups in total. The van der Waals surface area contributed by atoms with Gasteiger partial charge >= 0.3 is 0 Å². The van der Waals surface area contributed by atoms with Crippen LogP contribution in [0.25, 0.3) is 0 Å². The fraction of sp³-hybridized carbons (Fsp3) is 0.316. The topological polar surface area (TPSA) is 66.5 Å². The van der Waals surface area contributed by atoms with Gasteiger partial charge in [-0.15, -0.1) is 0 Å². The molecule has 0 fully saturated rings. The number of sulfonamides is 1. The Morgan fingerprint density at radius 1 is 1.23 bits per heavy atom. The van der Waals surface area contributed by atoms with Crippen molar-refractivity contribution >= 4 is 33.2 Å². The number of amides is 1. The minimum atomic E-state index is -3.69. The van der Waals surface area contributed by atoms with Crippen molar-refractivity contribution < 1.29 is 13.2 Å². The normalized spacial score (nSPS) is 15.4. The first-order valence-electron chi connectivity index (χ1n) is 8.47. The molecular formula is C19H21ClN2O3S. The van der Waals surface area contributed by atoms with Gasteiger partial charge in [-0.25, -0.2) is 13.1 Å². The average molecular weight is 393 g/mol. The molecule has 3 rings (SSSR count). The van der Waals surface area contributed by atoms with Crippen molar-refractivity contribution in [3.63, 3.8) is 0 Å². The summed E-state index contributed by atoms with van der Waals surface area (Å²) in [5.74, 6) is -0.0331. The molecule has 0 radical (unpaired) electrons. The van der Waals surface area contributed by atoms with E-state index >= 15 is 0 Å². The second kappa shape index (κ2) is 7.39. The Morgan fingerprint density at radius 3 is 2.69 bits per heavy atom. The maximum atomic E-state index is 12.8. The number of carbonyl (C=O) groups is 1. The molecule has 0 aromatic heterocycles. The van der Waals surface area contributed by atoms with Gasteiger partial charge in [-0.05, 0) is 61.2 Å². The number of aryl methyl sites for hydroxylation is 1. The number of anilines is 1. The van der Waals surface area contributed by atoms with Crippen molar-refractivity contribution in [3.05, 3.63) is 58.6 Å². The number of halogens is 1. The van der Waals surface area contributed by atoms with Crippen LogP contribution in [0.3, 0.4) is 0 Å². The summed E-state index contributed by atoms with van der Waals surface area (Å²) in [5, 5.41) is 0.562. The van der Waals surface area contributed by atoms with Crippen LogP contribution in [0, 0.1) is 0 Å². The van der Waals surface area contributed by atoms with E-state index < -0.39 is 16.1 Å². The predicted molar refractivity (Wildman–Crippen MR) is 103 cm³/mol. The predicted octanol–water partition coefficient (Wildman–Crippen LogP) is 3.68. The molecular weight excluding hydrogens is 372 g/mol. The summed E-state index contributed by atoms with van der Waals surface area (Å²) in [7, 11) is -3.69. The first-order valence-corrected chi connectivity index (χ1v) is 10.3. The molecule has 1 aliphatic rings. The van der Waals surface area contributed by atoms with Crippen LogP contribution in [0.2, 0.25) is 5.02 Å². The molecule has 2 aromatic rings. The molecule has 138 valence electrons. The molecule has 7 heteroatoms. The van der Waals surface area contributed by atoms with Crippen molar-refractivity contribution in [2.75, 3.05) is 11.4 Å². The van der Waals surface area contributed by atoms with E-state index in [1.54, 1.807) is 48.2 Å². The Hall–Kier alpha value is -1.89. The zero-order valence-electron chi connectivity index (χ0n) is 14.7. The van der Waals surface area contributed by atoms with Crippen LogP contribution in [0.1, 0.15) is 37.4 Å². The quantitative estimate of drug-likeness (QED) is 0.863. The number of nitrogens with zero attached hydrogens (tertiary/aromatic N) is 1. The largest absolute Gasteiger partial charge is 0.312 e. The molecule has 1 unspecified atom stereocenters. The SMILES string of the molecule is CC(=O)N1CCCc2cc(S(=O)(=O)NC(C)c3cccc(Cl)c3)ccc21. The van der Waals surface area contributed by atoms with Crippen molar-refractivity contribution in [1.29, 1.82) is 0 Å². The molecule has 1 atom stereocenters. The van der Waals surface area contributed by atoms with E-state index in [2.05, 4.69) is 4.72 Å². The standard InChI is InChI=1S/C19H21ClN2O3S/c1-13(15-5-3-7-17(20)11-15)21-26(24,25)18-8-9-19-16(12-18)6-4-10-22(19)14(2)23/h3,5,7-9,11-13,21H,4,6,10H2,1-2H3. The second-order valence-electron chi connectivity index (χ2n) is 6.46. The Labute approximate surface area is 159 Å². The molecule has 2 aromatic carbocycles. The fourth-order valence-corrected chi connectivity index (χ4v) is 4.69. The molecule has 0 spiro atoms. The number of nitrogens with one attached hydrogen (secondary N) is 1. The number of hydrogen-bond acceptors (Lipinski definition) is 3. The van der Waals surface area contributed by atoms with E-state index in [9.17, 15) is 13.2 Å². The maximum absolute atomic E-state index is 12.8. The lowest BCUT2D eigenvalue weighted by molar-refractivity contribution is -0.116. The van der Waals surface area contributed by atoms with E-state index in [-0.39, 0.29) is 10.8 Å². The van der Waals surface area contributed by atoms with Gasteiger partial charge in [-0.2, -0.15) is 0 Å². The first kappa shape index (κ1) is 18.9. The molecule has 0 aliphatic carbocycles. The van der Waals surface area contributed by atoms with Crippen LogP contribution in [0.5, 0.6) is 0 Å². The van der Waals surface area contributed by atoms with Crippen LogP contribution in [0.4, 0.5) is 5.69 Å². The minimum absolute atomic E-state index is 0.0331. The third kappa shape index (κ3) is 3.92. The summed E-state index contributed by atoms with van der Waals surface area (Å²) in [6.45, 7) is 3.96. The third-order valence-corrected chi connectivity index (χ3v) is 6.31. The van der Waals surface area contributed by atoms with Gasteiger partial charge in [0.25, 0.3) is 0 Å². The summed E-state index contributed by atoms with van der Waals surface area (Å²) < 4.78 is 28.2. The Morgan fingerprint density at radius 2 is 2.00 bits per heavy atom. The third-order valence-electron chi connectivity index (χ3n) is 4.54. The average Bonchev–Trinajstić information content (AvgIpc) is 2.60. The number of rotatable bonds is 4. The van der Waals surface area contributed by atoms with Gasteiger partial charge in [-0.1, -0.05) is 23.7 Å². The van der Waals surface area contributed by atoms with Gasteiger partial charge in [0.1, 0.15) is 0 Å². The lowest BCUT2D eigenvalue weighted by Gasteiger charge is -2.29. The minimum Gasteiger partial charge on any atom is -0.312 e. The van der Waals surface area contributed by atoms with E-state index in [0.717, 1.165) is 29.7 Å². The number of fused-ring (bicyclic) bond motifs is 1. The Kier molecular flexibility index (Phi) is 5.37. The molecule has 1 amide bonds. The zero-order valence-corrected chi connectivity index (χ0v) is 16.3. The summed E-state index contributed by atoms with van der Waals surface area (Å²) in [4.78, 5) is 13.7. The van der Waals surface area contributed by atoms with Crippen LogP contribution in [-0.4, -0.2) is 20.9 Å². The van der Waals surface area contributed by atoms with Gasteiger partial charge < -0.3 is 4.90 Å². The highest BCUT2D eigenvalue weighted by Crippen LogP contribution is 2.30. The summed E-state index contributed by atoms with van der Waals surface area (Å²) >= 11 is 5.99. The summed E-state index contributed by atoms with van der Waals surface area (Å²) in [6.07, 6.45) is 1.58. The smallest absolute Gasteiger partial charge is 0.241 e. The van der Waals surface area contributed by atoms with Crippen LogP contribution < -0.4 is 9.62 Å². The van der Waals surface area contributed by atoms with Crippen LogP contribution >= 0.6 is 11.6 Å². The monoisotopic (exact) mass is 392 g/mol. The van der Waals surface area contributed by atoms with Crippen molar-refractivity contribution in [1.82, 2.24) is 4.72 Å². The van der Waals surface area contributed by atoms with Crippen LogP contribution in [-0.2, 0) is 21.2 Å². The Balaban J connectivity index is 1.87. The number of hydrogen-bond donors (Lipinski definition) is 1. The lowest BCUT2D eigenvalue weighted by Crippen LogP contribution is -2.34. The molecule has 1 heterocycles. The molecule has 0 bridgehead atoms. The van der Waals surface area contributed by atoms with Gasteiger partial charge in [0.15, 0.2) is 0 Å². The van der Waals surface area contributed by atoms with Gasteiger partial charge in [0.2, 0.25) is 15.9 Å². The summed E-state index contributed by atoms with van der Waals surface area (Å²) in [6, 6.07) is 11.6. The highest BCUT2D eigenvalue weighted by atomic mass is 35.5.